The number of hydrogen-bond donors (Lipinski definition) is 1. The van der Waals surface area contributed by atoms with Gasteiger partial charge in [0.15, 0.2) is 0 Å². The number of nitrogens with zero attached hydrogens (tertiary/aromatic N) is 2. The molecule has 1 N–H and O–H groups in total. The van der Waals surface area contributed by atoms with Crippen molar-refractivity contribution in [1.82, 2.24) is 4.98 Å². The van der Waals surface area contributed by atoms with E-state index in [-0.39, 0.29) is 0 Å². The summed E-state index contributed by atoms with van der Waals surface area (Å²) in [4.78, 5) is 18.0. The fraction of sp³-hybridized carbons (Fsp3) is 0.600. The van der Waals surface area contributed by atoms with Crippen molar-refractivity contribution in [3.8, 4) is 0 Å². The highest BCUT2D eigenvalue weighted by atomic mass is 16.4. The monoisotopic (exact) mass is 262 g/mol. The highest BCUT2D eigenvalue weighted by Crippen LogP contribution is 2.33. The molecule has 1 aromatic heterocycles. The van der Waals surface area contributed by atoms with Gasteiger partial charge in [-0.2, -0.15) is 0 Å². The number of hydrogen-bond acceptors (Lipinski definition) is 3. The number of rotatable bonds is 6. The third-order valence-electron chi connectivity index (χ3n) is 3.53. The SMILES string of the molecule is CCCN(CC1CC1)c1cc(C)nc(C)c1C(=O)O. The van der Waals surface area contributed by atoms with E-state index in [9.17, 15) is 9.90 Å². The van der Waals surface area contributed by atoms with Gasteiger partial charge >= 0.3 is 5.97 Å². The van der Waals surface area contributed by atoms with Crippen molar-refractivity contribution >= 4 is 11.7 Å². The standard InChI is InChI=1S/C15H22N2O2/c1-4-7-17(9-12-5-6-12)13-8-10(2)16-11(3)14(13)15(18)19/h8,12H,4-7,9H2,1-3H3,(H,18,19). The van der Waals surface area contributed by atoms with Crippen LogP contribution in [0.2, 0.25) is 0 Å². The summed E-state index contributed by atoms with van der Waals surface area (Å²) < 4.78 is 0. The van der Waals surface area contributed by atoms with Crippen LogP contribution >= 0.6 is 0 Å². The maximum Gasteiger partial charge on any atom is 0.339 e. The Morgan fingerprint density at radius 2 is 2.16 bits per heavy atom. The largest absolute Gasteiger partial charge is 0.478 e. The molecular formula is C15H22N2O2. The van der Waals surface area contributed by atoms with Gasteiger partial charge in [0.2, 0.25) is 0 Å². The molecule has 104 valence electrons. The lowest BCUT2D eigenvalue weighted by atomic mass is 10.1. The summed E-state index contributed by atoms with van der Waals surface area (Å²) in [6, 6.07) is 1.91. The average molecular weight is 262 g/mol. The summed E-state index contributed by atoms with van der Waals surface area (Å²) in [6.07, 6.45) is 3.56. The summed E-state index contributed by atoms with van der Waals surface area (Å²) in [5.74, 6) is -0.140. The minimum absolute atomic E-state index is 0.361. The molecule has 0 aliphatic heterocycles. The second kappa shape index (κ2) is 5.59. The van der Waals surface area contributed by atoms with Gasteiger partial charge in [0.1, 0.15) is 5.56 Å². The zero-order valence-electron chi connectivity index (χ0n) is 11.9. The van der Waals surface area contributed by atoms with E-state index in [1.807, 2.05) is 13.0 Å². The van der Waals surface area contributed by atoms with E-state index in [1.165, 1.54) is 12.8 Å². The molecule has 0 atom stereocenters. The van der Waals surface area contributed by atoms with E-state index >= 15 is 0 Å². The third-order valence-corrected chi connectivity index (χ3v) is 3.53. The van der Waals surface area contributed by atoms with Gasteiger partial charge < -0.3 is 10.0 Å². The molecule has 19 heavy (non-hydrogen) atoms. The number of carboxylic acids is 1. The first-order chi connectivity index (χ1) is 9.02. The molecule has 1 aliphatic rings. The molecule has 1 saturated carbocycles. The second-order valence-corrected chi connectivity index (χ2v) is 5.44. The van der Waals surface area contributed by atoms with Gasteiger partial charge in [0.25, 0.3) is 0 Å². The molecule has 1 aliphatic carbocycles. The lowest BCUT2D eigenvalue weighted by Gasteiger charge is -2.26. The van der Waals surface area contributed by atoms with Crippen molar-refractivity contribution in [3.63, 3.8) is 0 Å². The number of aromatic nitrogens is 1. The Morgan fingerprint density at radius 1 is 1.47 bits per heavy atom. The van der Waals surface area contributed by atoms with Gasteiger partial charge in [0.05, 0.1) is 11.4 Å². The zero-order valence-corrected chi connectivity index (χ0v) is 11.9. The third kappa shape index (κ3) is 3.25. The van der Waals surface area contributed by atoms with Crippen molar-refractivity contribution < 1.29 is 9.90 Å². The predicted octanol–water partition coefficient (Wildman–Crippen LogP) is 3.02. The summed E-state index contributed by atoms with van der Waals surface area (Å²) >= 11 is 0. The first kappa shape index (κ1) is 13.8. The van der Waals surface area contributed by atoms with E-state index in [2.05, 4.69) is 16.8 Å². The van der Waals surface area contributed by atoms with E-state index < -0.39 is 5.97 Å². The fourth-order valence-corrected chi connectivity index (χ4v) is 2.51. The molecular weight excluding hydrogens is 240 g/mol. The highest BCUT2D eigenvalue weighted by Gasteiger charge is 2.27. The van der Waals surface area contributed by atoms with Gasteiger partial charge in [0, 0.05) is 18.8 Å². The molecule has 1 fully saturated rings. The maximum absolute atomic E-state index is 11.5. The van der Waals surface area contributed by atoms with Gasteiger partial charge in [-0.15, -0.1) is 0 Å². The zero-order chi connectivity index (χ0) is 14.0. The van der Waals surface area contributed by atoms with Crippen LogP contribution in [-0.2, 0) is 0 Å². The number of anilines is 1. The maximum atomic E-state index is 11.5. The van der Waals surface area contributed by atoms with E-state index in [0.29, 0.717) is 11.3 Å². The van der Waals surface area contributed by atoms with Crippen molar-refractivity contribution in [3.05, 3.63) is 23.0 Å². The van der Waals surface area contributed by atoms with E-state index in [0.717, 1.165) is 36.8 Å². The summed E-state index contributed by atoms with van der Waals surface area (Å²) in [5.41, 5.74) is 2.69. The summed E-state index contributed by atoms with van der Waals surface area (Å²) in [5, 5.41) is 9.44. The lowest BCUT2D eigenvalue weighted by Crippen LogP contribution is -2.29. The van der Waals surface area contributed by atoms with Crippen LogP contribution < -0.4 is 4.90 Å². The topological polar surface area (TPSA) is 53.4 Å². The van der Waals surface area contributed by atoms with Crippen LogP contribution in [0.1, 0.15) is 47.9 Å². The fourth-order valence-electron chi connectivity index (χ4n) is 2.51. The van der Waals surface area contributed by atoms with Gasteiger partial charge in [-0.3, -0.25) is 4.98 Å². The van der Waals surface area contributed by atoms with Crippen molar-refractivity contribution in [1.29, 1.82) is 0 Å². The Kier molecular flexibility index (Phi) is 4.08. The summed E-state index contributed by atoms with van der Waals surface area (Å²) in [7, 11) is 0. The molecule has 0 radical (unpaired) electrons. The first-order valence-corrected chi connectivity index (χ1v) is 6.99. The van der Waals surface area contributed by atoms with Gasteiger partial charge in [-0.1, -0.05) is 6.92 Å². The van der Waals surface area contributed by atoms with Crippen LogP contribution in [0.25, 0.3) is 0 Å². The lowest BCUT2D eigenvalue weighted by molar-refractivity contribution is 0.0696. The van der Waals surface area contributed by atoms with Crippen LogP contribution in [0.3, 0.4) is 0 Å². The Morgan fingerprint density at radius 3 is 2.68 bits per heavy atom. The number of pyridine rings is 1. The Labute approximate surface area is 114 Å². The number of carboxylic acid groups (broad SMARTS) is 1. The van der Waals surface area contributed by atoms with Crippen LogP contribution in [-0.4, -0.2) is 29.1 Å². The quantitative estimate of drug-likeness (QED) is 0.856. The minimum Gasteiger partial charge on any atom is -0.478 e. The molecule has 0 spiro atoms. The Balaban J connectivity index is 2.40. The minimum atomic E-state index is -0.878. The molecule has 1 aromatic rings. The molecule has 4 nitrogen and oxygen atoms in total. The van der Waals surface area contributed by atoms with Crippen LogP contribution in [0.15, 0.2) is 6.07 Å². The molecule has 0 amide bonds. The smallest absolute Gasteiger partial charge is 0.339 e. The molecule has 2 rings (SSSR count). The van der Waals surface area contributed by atoms with Crippen molar-refractivity contribution in [2.45, 2.75) is 40.0 Å². The molecule has 0 unspecified atom stereocenters. The summed E-state index contributed by atoms with van der Waals surface area (Å²) in [6.45, 7) is 7.70. The Bertz CT molecular complexity index is 481. The first-order valence-electron chi connectivity index (χ1n) is 6.99. The molecule has 1 heterocycles. The van der Waals surface area contributed by atoms with Crippen molar-refractivity contribution in [2.24, 2.45) is 5.92 Å². The Hall–Kier alpha value is -1.58. The number of aromatic carboxylic acids is 1. The second-order valence-electron chi connectivity index (χ2n) is 5.44. The molecule has 4 heteroatoms. The van der Waals surface area contributed by atoms with Gasteiger partial charge in [-0.05, 0) is 45.1 Å². The predicted molar refractivity (Wildman–Crippen MR) is 75.9 cm³/mol. The molecule has 0 aromatic carbocycles. The normalized spacial score (nSPS) is 14.5. The average Bonchev–Trinajstić information content (AvgIpc) is 3.10. The highest BCUT2D eigenvalue weighted by molar-refractivity contribution is 5.95. The molecule has 0 bridgehead atoms. The van der Waals surface area contributed by atoms with Crippen LogP contribution in [0.5, 0.6) is 0 Å². The van der Waals surface area contributed by atoms with E-state index in [1.54, 1.807) is 6.92 Å². The van der Waals surface area contributed by atoms with Crippen LogP contribution in [0, 0.1) is 19.8 Å². The number of carbonyl (C=O) groups is 1. The van der Waals surface area contributed by atoms with E-state index in [4.69, 9.17) is 0 Å². The van der Waals surface area contributed by atoms with Crippen LogP contribution in [0.4, 0.5) is 5.69 Å². The molecule has 0 saturated heterocycles. The number of aryl methyl sites for hydroxylation is 2. The van der Waals surface area contributed by atoms with Crippen molar-refractivity contribution in [2.75, 3.05) is 18.0 Å². The van der Waals surface area contributed by atoms with Gasteiger partial charge in [-0.25, -0.2) is 4.79 Å².